The summed E-state index contributed by atoms with van der Waals surface area (Å²) in [6, 6.07) is 17.5. The van der Waals surface area contributed by atoms with Crippen LogP contribution in [0.5, 0.6) is 0 Å². The summed E-state index contributed by atoms with van der Waals surface area (Å²) >= 11 is 13.2. The van der Waals surface area contributed by atoms with Crippen molar-refractivity contribution in [2.75, 3.05) is 24.2 Å². The lowest BCUT2D eigenvalue weighted by atomic mass is 9.99. The monoisotopic (exact) mass is 555 g/mol. The minimum Gasteiger partial charge on any atom is -0.326 e. The van der Waals surface area contributed by atoms with E-state index >= 15 is 0 Å². The van der Waals surface area contributed by atoms with Gasteiger partial charge in [-0.25, -0.2) is 8.42 Å². The van der Waals surface area contributed by atoms with Crippen LogP contribution in [0.4, 0.5) is 5.69 Å². The lowest BCUT2D eigenvalue weighted by Crippen LogP contribution is -2.19. The van der Waals surface area contributed by atoms with Crippen molar-refractivity contribution in [3.8, 4) is 17.2 Å². The Labute approximate surface area is 227 Å². The number of nitriles is 1. The Kier molecular flexibility index (Phi) is 8.56. The second-order valence-electron chi connectivity index (χ2n) is 9.05. The molecule has 1 amide bonds. The standard InChI is InChI=1S/C28H27Cl2N3O3S/c1-2-37(35,36)24-9-5-19(6-10-24)13-27(34)32-23-15-25(29)28(26(30)16-23)20-7-8-21(22(14-20)17-31)18-33-11-3-4-12-33/h5-10,14-16H,2-4,11-13,18H2,1H3,(H,32,34). The number of benzene rings is 3. The summed E-state index contributed by atoms with van der Waals surface area (Å²) in [5, 5.41) is 13.2. The predicted octanol–water partition coefficient (Wildman–Crippen LogP) is 6.10. The second kappa shape index (κ2) is 11.7. The van der Waals surface area contributed by atoms with E-state index in [4.69, 9.17) is 23.2 Å². The zero-order valence-corrected chi connectivity index (χ0v) is 22.8. The molecule has 0 atom stereocenters. The van der Waals surface area contributed by atoms with Crippen LogP contribution in [0.25, 0.3) is 11.1 Å². The number of rotatable bonds is 8. The number of likely N-dealkylation sites (tertiary alicyclic amines) is 1. The molecule has 0 radical (unpaired) electrons. The van der Waals surface area contributed by atoms with Gasteiger partial charge in [0.05, 0.1) is 38.7 Å². The van der Waals surface area contributed by atoms with Gasteiger partial charge in [0.2, 0.25) is 5.91 Å². The summed E-state index contributed by atoms with van der Waals surface area (Å²) in [6.45, 7) is 4.42. The number of carbonyl (C=O) groups excluding carboxylic acids is 1. The summed E-state index contributed by atoms with van der Waals surface area (Å²) in [7, 11) is -3.29. The highest BCUT2D eigenvalue weighted by atomic mass is 35.5. The Morgan fingerprint density at radius 1 is 1.03 bits per heavy atom. The van der Waals surface area contributed by atoms with Crippen LogP contribution in [0.2, 0.25) is 10.0 Å². The third-order valence-corrected chi connectivity index (χ3v) is 8.81. The molecule has 37 heavy (non-hydrogen) atoms. The molecule has 0 bridgehead atoms. The van der Waals surface area contributed by atoms with Crippen molar-refractivity contribution >= 4 is 44.6 Å². The average molecular weight is 557 g/mol. The number of carbonyl (C=O) groups is 1. The molecule has 0 unspecified atom stereocenters. The molecule has 192 valence electrons. The summed E-state index contributed by atoms with van der Waals surface area (Å²) in [5.74, 6) is -0.269. The molecule has 1 N–H and O–H groups in total. The van der Waals surface area contributed by atoms with Gasteiger partial charge in [0, 0.05) is 17.8 Å². The van der Waals surface area contributed by atoms with Crippen LogP contribution in [-0.2, 0) is 27.6 Å². The van der Waals surface area contributed by atoms with E-state index in [1.807, 2.05) is 12.1 Å². The van der Waals surface area contributed by atoms with Crippen LogP contribution in [0.1, 0.15) is 36.5 Å². The third-order valence-electron chi connectivity index (χ3n) is 6.46. The van der Waals surface area contributed by atoms with Gasteiger partial charge in [-0.2, -0.15) is 5.26 Å². The first kappa shape index (κ1) is 27.2. The fourth-order valence-corrected chi connectivity index (χ4v) is 6.04. The number of nitrogens with zero attached hydrogens (tertiary/aromatic N) is 2. The maximum atomic E-state index is 12.6. The van der Waals surface area contributed by atoms with E-state index in [-0.39, 0.29) is 23.0 Å². The maximum absolute atomic E-state index is 12.6. The molecule has 9 heteroatoms. The Balaban J connectivity index is 1.48. The van der Waals surface area contributed by atoms with Gasteiger partial charge < -0.3 is 5.32 Å². The molecule has 0 spiro atoms. The van der Waals surface area contributed by atoms with E-state index in [0.29, 0.717) is 32.4 Å². The lowest BCUT2D eigenvalue weighted by molar-refractivity contribution is -0.115. The second-order valence-corrected chi connectivity index (χ2v) is 12.1. The number of sulfone groups is 1. The van der Waals surface area contributed by atoms with Gasteiger partial charge in [0.15, 0.2) is 9.84 Å². The summed E-state index contributed by atoms with van der Waals surface area (Å²) in [4.78, 5) is 15.2. The third kappa shape index (κ3) is 6.52. The highest BCUT2D eigenvalue weighted by Crippen LogP contribution is 2.38. The zero-order valence-electron chi connectivity index (χ0n) is 20.4. The van der Waals surface area contributed by atoms with E-state index in [0.717, 1.165) is 30.8 Å². The molecule has 0 aliphatic carbocycles. The van der Waals surface area contributed by atoms with Gasteiger partial charge in [-0.15, -0.1) is 0 Å². The van der Waals surface area contributed by atoms with Crippen LogP contribution in [0.15, 0.2) is 59.5 Å². The van der Waals surface area contributed by atoms with Gasteiger partial charge in [0.25, 0.3) is 0 Å². The van der Waals surface area contributed by atoms with E-state index in [9.17, 15) is 18.5 Å². The van der Waals surface area contributed by atoms with Crippen LogP contribution < -0.4 is 5.32 Å². The van der Waals surface area contributed by atoms with E-state index < -0.39 is 9.84 Å². The summed E-state index contributed by atoms with van der Waals surface area (Å²) < 4.78 is 23.9. The first-order valence-electron chi connectivity index (χ1n) is 12.1. The molecular formula is C28H27Cl2N3O3S. The first-order valence-corrected chi connectivity index (χ1v) is 14.5. The molecule has 0 saturated carbocycles. The Morgan fingerprint density at radius 2 is 1.68 bits per heavy atom. The van der Waals surface area contributed by atoms with E-state index in [1.54, 1.807) is 37.3 Å². The molecule has 3 aromatic carbocycles. The SMILES string of the molecule is CCS(=O)(=O)c1ccc(CC(=O)Nc2cc(Cl)c(-c3ccc(CN4CCCC4)c(C#N)c3)c(Cl)c2)cc1. The Morgan fingerprint density at radius 3 is 2.27 bits per heavy atom. The van der Waals surface area contributed by atoms with Crippen molar-refractivity contribution in [3.63, 3.8) is 0 Å². The van der Waals surface area contributed by atoms with Crippen molar-refractivity contribution in [1.82, 2.24) is 4.90 Å². The van der Waals surface area contributed by atoms with Crippen molar-refractivity contribution in [1.29, 1.82) is 5.26 Å². The number of hydrogen-bond donors (Lipinski definition) is 1. The van der Waals surface area contributed by atoms with E-state index in [2.05, 4.69) is 16.3 Å². The number of anilines is 1. The minimum absolute atomic E-state index is 0.0188. The fraction of sp³-hybridized carbons (Fsp3) is 0.286. The molecule has 1 heterocycles. The highest BCUT2D eigenvalue weighted by molar-refractivity contribution is 7.91. The molecule has 4 rings (SSSR count). The van der Waals surface area contributed by atoms with Gasteiger partial charge in [0.1, 0.15) is 0 Å². The van der Waals surface area contributed by atoms with Crippen molar-refractivity contribution in [2.45, 2.75) is 37.6 Å². The first-order chi connectivity index (χ1) is 17.7. The van der Waals surface area contributed by atoms with Gasteiger partial charge in [-0.1, -0.05) is 54.4 Å². The molecule has 6 nitrogen and oxygen atoms in total. The largest absolute Gasteiger partial charge is 0.326 e. The maximum Gasteiger partial charge on any atom is 0.228 e. The minimum atomic E-state index is -3.29. The molecule has 0 aromatic heterocycles. The van der Waals surface area contributed by atoms with Gasteiger partial charge in [-0.05, 0) is 73.0 Å². The highest BCUT2D eigenvalue weighted by Gasteiger charge is 2.17. The Bertz CT molecular complexity index is 1440. The average Bonchev–Trinajstić information content (AvgIpc) is 3.38. The number of hydrogen-bond acceptors (Lipinski definition) is 5. The number of amides is 1. The fourth-order valence-electron chi connectivity index (χ4n) is 4.45. The number of halogens is 2. The van der Waals surface area contributed by atoms with Crippen molar-refractivity contribution in [2.24, 2.45) is 0 Å². The number of nitrogens with one attached hydrogen (secondary N) is 1. The topological polar surface area (TPSA) is 90.3 Å². The lowest BCUT2D eigenvalue weighted by Gasteiger charge is -2.17. The predicted molar refractivity (Wildman–Crippen MR) is 148 cm³/mol. The van der Waals surface area contributed by atoms with Crippen molar-refractivity contribution < 1.29 is 13.2 Å². The Hall–Kier alpha value is -2.89. The normalized spacial score (nSPS) is 13.9. The molecule has 3 aromatic rings. The van der Waals surface area contributed by atoms with Crippen LogP contribution in [0.3, 0.4) is 0 Å². The molecule has 1 saturated heterocycles. The van der Waals surface area contributed by atoms with Crippen molar-refractivity contribution in [3.05, 3.63) is 81.3 Å². The zero-order chi connectivity index (χ0) is 26.6. The summed E-state index contributed by atoms with van der Waals surface area (Å²) in [5.41, 5.74) is 4.02. The van der Waals surface area contributed by atoms with Gasteiger partial charge >= 0.3 is 0 Å². The van der Waals surface area contributed by atoms with Gasteiger partial charge in [-0.3, -0.25) is 9.69 Å². The smallest absolute Gasteiger partial charge is 0.228 e. The van der Waals surface area contributed by atoms with E-state index in [1.165, 1.54) is 25.0 Å². The molecule has 1 aliphatic heterocycles. The van der Waals surface area contributed by atoms with Crippen LogP contribution in [0, 0.1) is 11.3 Å². The van der Waals surface area contributed by atoms with Crippen LogP contribution in [-0.4, -0.2) is 38.1 Å². The quantitative estimate of drug-likeness (QED) is 0.362. The van der Waals surface area contributed by atoms with Crippen LogP contribution >= 0.6 is 23.2 Å². The molecular weight excluding hydrogens is 529 g/mol. The molecule has 1 aliphatic rings. The summed E-state index contributed by atoms with van der Waals surface area (Å²) in [6.07, 6.45) is 2.43. The molecule has 1 fully saturated rings.